The summed E-state index contributed by atoms with van der Waals surface area (Å²) < 4.78 is 0. The second kappa shape index (κ2) is 9.52. The monoisotopic (exact) mass is 369 g/mol. The van der Waals surface area contributed by atoms with Gasteiger partial charge in [-0.25, -0.2) is 0 Å². The van der Waals surface area contributed by atoms with Crippen molar-refractivity contribution >= 4 is 0 Å². The van der Waals surface area contributed by atoms with Gasteiger partial charge in [0.05, 0.1) is 0 Å². The van der Waals surface area contributed by atoms with E-state index in [1.54, 1.807) is 0 Å². The quantitative estimate of drug-likeness (QED) is 0.316. The summed E-state index contributed by atoms with van der Waals surface area (Å²) in [6, 6.07) is 33.1. The number of benzene rings is 3. The fourth-order valence-corrected chi connectivity index (χ4v) is 4.39. The van der Waals surface area contributed by atoms with Gasteiger partial charge in [0.2, 0.25) is 0 Å². The molecule has 0 aliphatic carbocycles. The van der Waals surface area contributed by atoms with Crippen LogP contribution < -0.4 is 0 Å². The molecule has 0 bridgehead atoms. The van der Waals surface area contributed by atoms with Crippen molar-refractivity contribution in [3.63, 3.8) is 0 Å². The Balaban J connectivity index is 2.26. The van der Waals surface area contributed by atoms with E-state index in [4.69, 9.17) is 0 Å². The lowest BCUT2D eigenvalue weighted by Gasteiger charge is -2.41. The summed E-state index contributed by atoms with van der Waals surface area (Å²) >= 11 is 0. The predicted molar refractivity (Wildman–Crippen MR) is 121 cm³/mol. The Hall–Kier alpha value is -2.64. The maximum Gasteiger partial charge on any atom is 0.0469 e. The molecule has 0 radical (unpaired) electrons. The van der Waals surface area contributed by atoms with Crippen LogP contribution in [0.25, 0.3) is 0 Å². The summed E-state index contributed by atoms with van der Waals surface area (Å²) in [4.78, 5) is 2.50. The van der Waals surface area contributed by atoms with E-state index in [-0.39, 0.29) is 11.5 Å². The van der Waals surface area contributed by atoms with Crippen LogP contribution >= 0.6 is 0 Å². The van der Waals surface area contributed by atoms with Gasteiger partial charge in [0.1, 0.15) is 0 Å². The van der Waals surface area contributed by atoms with E-state index in [1.165, 1.54) is 16.7 Å². The van der Waals surface area contributed by atoms with Gasteiger partial charge in [-0.05, 0) is 36.2 Å². The fraction of sp³-hybridized carbons (Fsp3) is 0.259. The Kier molecular flexibility index (Phi) is 6.84. The minimum absolute atomic E-state index is 0.231. The second-order valence-electron chi connectivity index (χ2n) is 7.23. The lowest BCUT2D eigenvalue weighted by molar-refractivity contribution is 0.226. The minimum Gasteiger partial charge on any atom is -0.297 e. The van der Waals surface area contributed by atoms with Crippen LogP contribution in [-0.2, 0) is 5.41 Å². The molecule has 1 heteroatoms. The molecule has 0 N–H and O–H groups in total. The number of hydrogen-bond donors (Lipinski definition) is 0. The molecule has 0 saturated carbocycles. The number of hydrogen-bond acceptors (Lipinski definition) is 1. The first-order valence-corrected chi connectivity index (χ1v) is 10.3. The molecule has 0 unspecified atom stereocenters. The first-order valence-electron chi connectivity index (χ1n) is 10.3. The van der Waals surface area contributed by atoms with Crippen molar-refractivity contribution in [2.24, 2.45) is 0 Å². The van der Waals surface area contributed by atoms with Gasteiger partial charge < -0.3 is 0 Å². The molecule has 3 aromatic carbocycles. The zero-order valence-corrected chi connectivity index (χ0v) is 17.1. The molecule has 0 aliphatic heterocycles. The third-order valence-corrected chi connectivity index (χ3v) is 5.87. The van der Waals surface area contributed by atoms with Crippen molar-refractivity contribution < 1.29 is 0 Å². The summed E-state index contributed by atoms with van der Waals surface area (Å²) in [6.07, 6.45) is 3.08. The summed E-state index contributed by atoms with van der Waals surface area (Å²) in [5.41, 5.74) is 3.75. The highest BCUT2D eigenvalue weighted by Crippen LogP contribution is 2.43. The van der Waals surface area contributed by atoms with E-state index in [9.17, 15) is 0 Å². The second-order valence-corrected chi connectivity index (χ2v) is 7.23. The molecule has 0 heterocycles. The van der Waals surface area contributed by atoms with Gasteiger partial charge >= 0.3 is 0 Å². The average Bonchev–Trinajstić information content (AvgIpc) is 2.78. The van der Waals surface area contributed by atoms with E-state index in [1.807, 2.05) is 0 Å². The van der Waals surface area contributed by atoms with Crippen LogP contribution in [-0.4, -0.2) is 24.0 Å². The molecule has 144 valence electrons. The van der Waals surface area contributed by atoms with E-state index in [0.717, 1.165) is 19.5 Å². The van der Waals surface area contributed by atoms with Gasteiger partial charge in [-0.1, -0.05) is 111 Å². The van der Waals surface area contributed by atoms with Crippen LogP contribution in [0.2, 0.25) is 0 Å². The van der Waals surface area contributed by atoms with E-state index < -0.39 is 0 Å². The molecule has 0 fully saturated rings. The Morgan fingerprint density at radius 3 is 1.36 bits per heavy atom. The predicted octanol–water partition coefficient (Wildman–Crippen LogP) is 6.31. The molecular formula is C27H31N. The molecule has 0 aromatic heterocycles. The topological polar surface area (TPSA) is 3.24 Å². The van der Waals surface area contributed by atoms with E-state index >= 15 is 0 Å². The molecule has 3 aromatic rings. The summed E-state index contributed by atoms with van der Waals surface area (Å²) in [5.74, 6) is 0. The Bertz CT molecular complexity index is 739. The van der Waals surface area contributed by atoms with Gasteiger partial charge in [0.25, 0.3) is 0 Å². The Labute approximate surface area is 170 Å². The van der Waals surface area contributed by atoms with Crippen molar-refractivity contribution in [2.75, 3.05) is 13.1 Å². The summed E-state index contributed by atoms with van der Waals surface area (Å²) in [7, 11) is 0. The van der Waals surface area contributed by atoms with E-state index in [2.05, 4.69) is 122 Å². The third-order valence-electron chi connectivity index (χ3n) is 5.87. The molecule has 0 aliphatic rings. The highest BCUT2D eigenvalue weighted by atomic mass is 15.1. The van der Waals surface area contributed by atoms with Crippen LogP contribution in [0.5, 0.6) is 0 Å². The third kappa shape index (κ3) is 3.95. The van der Waals surface area contributed by atoms with Crippen LogP contribution in [0.4, 0.5) is 0 Å². The van der Waals surface area contributed by atoms with Crippen LogP contribution in [0.1, 0.15) is 37.0 Å². The average molecular weight is 370 g/mol. The zero-order valence-electron chi connectivity index (χ0n) is 17.1. The number of nitrogens with zero attached hydrogens (tertiary/aromatic N) is 1. The molecule has 1 atom stereocenters. The summed E-state index contributed by atoms with van der Waals surface area (Å²) in [5, 5.41) is 0. The van der Waals surface area contributed by atoms with Gasteiger partial charge in [-0.15, -0.1) is 6.58 Å². The summed E-state index contributed by atoms with van der Waals surface area (Å²) in [6.45, 7) is 10.7. The maximum atomic E-state index is 4.20. The lowest BCUT2D eigenvalue weighted by atomic mass is 9.65. The molecule has 28 heavy (non-hydrogen) atoms. The van der Waals surface area contributed by atoms with Gasteiger partial charge in [0, 0.05) is 11.5 Å². The number of likely N-dealkylation sites (N-methyl/N-ethyl adjacent to an activating group) is 1. The Morgan fingerprint density at radius 2 is 1.07 bits per heavy atom. The SMILES string of the molecule is C=C[C@@H](CC(c1ccccc1)(c1ccccc1)c1ccccc1)N(CC)CC. The van der Waals surface area contributed by atoms with Crippen molar-refractivity contribution in [2.45, 2.75) is 31.7 Å². The normalized spacial score (nSPS) is 12.7. The first-order chi connectivity index (χ1) is 13.8. The van der Waals surface area contributed by atoms with Crippen LogP contribution in [0.3, 0.4) is 0 Å². The lowest BCUT2D eigenvalue weighted by Crippen LogP contribution is -2.41. The van der Waals surface area contributed by atoms with E-state index in [0.29, 0.717) is 0 Å². The molecule has 3 rings (SSSR count). The van der Waals surface area contributed by atoms with Gasteiger partial charge in [-0.2, -0.15) is 0 Å². The van der Waals surface area contributed by atoms with Crippen molar-refractivity contribution in [1.29, 1.82) is 0 Å². The minimum atomic E-state index is -0.231. The first kappa shape index (κ1) is 20.1. The largest absolute Gasteiger partial charge is 0.297 e. The smallest absolute Gasteiger partial charge is 0.0469 e. The van der Waals surface area contributed by atoms with Crippen molar-refractivity contribution in [3.05, 3.63) is 120 Å². The standard InChI is InChI=1S/C27H31N/c1-4-26(28(5-2)6-3)22-27(23-16-10-7-11-17-23,24-18-12-8-13-19-24)25-20-14-9-15-21-25/h4,7-21,26H,1,5-6,22H2,2-3H3/t26-/m0/s1. The molecule has 0 amide bonds. The number of rotatable bonds is 9. The molecular weight excluding hydrogens is 338 g/mol. The van der Waals surface area contributed by atoms with Gasteiger partial charge in [0.15, 0.2) is 0 Å². The molecule has 0 spiro atoms. The molecule has 1 nitrogen and oxygen atoms in total. The van der Waals surface area contributed by atoms with Crippen molar-refractivity contribution in [3.8, 4) is 0 Å². The van der Waals surface area contributed by atoms with Crippen molar-refractivity contribution in [1.82, 2.24) is 4.90 Å². The highest BCUT2D eigenvalue weighted by molar-refractivity contribution is 5.50. The fourth-order valence-electron chi connectivity index (χ4n) is 4.39. The zero-order chi connectivity index (χ0) is 19.8. The van der Waals surface area contributed by atoms with Gasteiger partial charge in [-0.3, -0.25) is 4.90 Å². The molecule has 0 saturated heterocycles. The van der Waals surface area contributed by atoms with Crippen LogP contribution in [0, 0.1) is 0 Å². The van der Waals surface area contributed by atoms with Crippen LogP contribution in [0.15, 0.2) is 104 Å². The highest BCUT2D eigenvalue weighted by Gasteiger charge is 2.38. The Morgan fingerprint density at radius 1 is 0.714 bits per heavy atom. The maximum absolute atomic E-state index is 4.20.